The Labute approximate surface area is 98.6 Å². The van der Waals surface area contributed by atoms with Crippen LogP contribution >= 0.6 is 0 Å². The van der Waals surface area contributed by atoms with Gasteiger partial charge in [-0.2, -0.15) is 0 Å². The third kappa shape index (κ3) is 1.86. The van der Waals surface area contributed by atoms with Crippen molar-refractivity contribution in [2.45, 2.75) is 33.6 Å². The number of hydrogen-bond donors (Lipinski definition) is 1. The molecule has 2 unspecified atom stereocenters. The van der Waals surface area contributed by atoms with Gasteiger partial charge in [0.25, 0.3) is 0 Å². The van der Waals surface area contributed by atoms with Crippen LogP contribution in [0.15, 0.2) is 0 Å². The van der Waals surface area contributed by atoms with E-state index in [4.69, 9.17) is 0 Å². The Morgan fingerprint density at radius 1 is 1.50 bits per heavy atom. The largest absolute Gasteiger partial charge is 0.342 e. The summed E-state index contributed by atoms with van der Waals surface area (Å²) in [5.74, 6) is 1.52. The van der Waals surface area contributed by atoms with E-state index in [0.29, 0.717) is 17.7 Å². The number of carbonyl (C=O) groups excluding carboxylic acids is 1. The second-order valence-electron chi connectivity index (χ2n) is 5.88. The zero-order valence-corrected chi connectivity index (χ0v) is 10.8. The Morgan fingerprint density at radius 2 is 2.25 bits per heavy atom. The van der Waals surface area contributed by atoms with Crippen molar-refractivity contribution in [3.05, 3.63) is 0 Å². The highest BCUT2D eigenvalue weighted by Gasteiger charge is 2.46. The van der Waals surface area contributed by atoms with Crippen LogP contribution < -0.4 is 5.32 Å². The van der Waals surface area contributed by atoms with Crippen LogP contribution in [0.1, 0.15) is 33.6 Å². The topological polar surface area (TPSA) is 32.3 Å². The summed E-state index contributed by atoms with van der Waals surface area (Å²) in [6.45, 7) is 10.4. The van der Waals surface area contributed by atoms with Gasteiger partial charge in [0.1, 0.15) is 0 Å². The van der Waals surface area contributed by atoms with Crippen molar-refractivity contribution in [3.63, 3.8) is 0 Å². The van der Waals surface area contributed by atoms with E-state index in [9.17, 15) is 4.79 Å². The van der Waals surface area contributed by atoms with Crippen LogP contribution in [0.2, 0.25) is 0 Å². The van der Waals surface area contributed by atoms with Gasteiger partial charge < -0.3 is 10.2 Å². The molecule has 2 atom stereocenters. The van der Waals surface area contributed by atoms with Gasteiger partial charge in [0.15, 0.2) is 0 Å². The van der Waals surface area contributed by atoms with E-state index in [1.165, 1.54) is 6.42 Å². The van der Waals surface area contributed by atoms with Crippen LogP contribution in [0.3, 0.4) is 0 Å². The molecule has 2 rings (SSSR count). The molecule has 16 heavy (non-hydrogen) atoms. The van der Waals surface area contributed by atoms with E-state index in [1.807, 2.05) is 0 Å². The zero-order chi connectivity index (χ0) is 11.8. The van der Waals surface area contributed by atoms with Gasteiger partial charge in [-0.3, -0.25) is 4.79 Å². The molecule has 1 amide bonds. The van der Waals surface area contributed by atoms with E-state index in [-0.39, 0.29) is 5.41 Å². The van der Waals surface area contributed by atoms with Crippen LogP contribution in [0.5, 0.6) is 0 Å². The highest BCUT2D eigenvalue weighted by Crippen LogP contribution is 2.37. The summed E-state index contributed by atoms with van der Waals surface area (Å²) in [5.41, 5.74) is -0.121. The van der Waals surface area contributed by atoms with Crippen molar-refractivity contribution in [1.82, 2.24) is 10.2 Å². The maximum absolute atomic E-state index is 12.6. The lowest BCUT2D eigenvalue weighted by Crippen LogP contribution is -2.47. The molecule has 2 saturated heterocycles. The van der Waals surface area contributed by atoms with E-state index < -0.39 is 0 Å². The minimum Gasteiger partial charge on any atom is -0.342 e. The summed E-state index contributed by atoms with van der Waals surface area (Å²) < 4.78 is 0. The van der Waals surface area contributed by atoms with Crippen LogP contribution in [0, 0.1) is 17.3 Å². The average Bonchev–Trinajstić information content (AvgIpc) is 2.85. The first-order valence-electron chi connectivity index (χ1n) is 6.56. The van der Waals surface area contributed by atoms with Crippen LogP contribution in [-0.2, 0) is 4.79 Å². The lowest BCUT2D eigenvalue weighted by Gasteiger charge is -2.35. The molecule has 3 nitrogen and oxygen atoms in total. The van der Waals surface area contributed by atoms with Gasteiger partial charge in [0.05, 0.1) is 5.41 Å². The van der Waals surface area contributed by atoms with Gasteiger partial charge in [-0.25, -0.2) is 0 Å². The van der Waals surface area contributed by atoms with Crippen LogP contribution in [-0.4, -0.2) is 37.0 Å². The maximum atomic E-state index is 12.6. The Hall–Kier alpha value is -0.570. The first-order chi connectivity index (χ1) is 7.56. The van der Waals surface area contributed by atoms with Crippen molar-refractivity contribution in [1.29, 1.82) is 0 Å². The molecular weight excluding hydrogens is 200 g/mol. The minimum absolute atomic E-state index is 0.121. The van der Waals surface area contributed by atoms with Crippen LogP contribution in [0.4, 0.5) is 0 Å². The molecule has 0 aromatic rings. The normalized spacial score (nSPS) is 35.0. The predicted octanol–water partition coefficient (Wildman–Crippen LogP) is 1.49. The van der Waals surface area contributed by atoms with E-state index in [0.717, 1.165) is 32.6 Å². The SMILES string of the molecule is CC1CCN(C(=O)C2(C(C)C)CCNC2)C1. The Balaban J connectivity index is 2.12. The van der Waals surface area contributed by atoms with E-state index >= 15 is 0 Å². The summed E-state index contributed by atoms with van der Waals surface area (Å²) in [4.78, 5) is 14.7. The highest BCUT2D eigenvalue weighted by molar-refractivity contribution is 5.84. The van der Waals surface area contributed by atoms with Crippen molar-refractivity contribution >= 4 is 5.91 Å². The minimum atomic E-state index is -0.121. The van der Waals surface area contributed by atoms with Gasteiger partial charge in [-0.1, -0.05) is 20.8 Å². The predicted molar refractivity (Wildman–Crippen MR) is 65.1 cm³/mol. The molecule has 2 fully saturated rings. The quantitative estimate of drug-likeness (QED) is 0.771. The summed E-state index contributed by atoms with van der Waals surface area (Å²) in [6.07, 6.45) is 2.18. The Morgan fingerprint density at radius 3 is 2.69 bits per heavy atom. The molecule has 0 aromatic heterocycles. The van der Waals surface area contributed by atoms with Crippen molar-refractivity contribution in [2.75, 3.05) is 26.2 Å². The molecule has 2 aliphatic heterocycles. The third-order valence-corrected chi connectivity index (χ3v) is 4.43. The lowest BCUT2D eigenvalue weighted by molar-refractivity contribution is -0.142. The van der Waals surface area contributed by atoms with Crippen molar-refractivity contribution in [3.8, 4) is 0 Å². The molecule has 0 radical (unpaired) electrons. The number of hydrogen-bond acceptors (Lipinski definition) is 2. The second kappa shape index (κ2) is 4.36. The summed E-state index contributed by atoms with van der Waals surface area (Å²) in [7, 11) is 0. The van der Waals surface area contributed by atoms with Gasteiger partial charge in [0.2, 0.25) is 5.91 Å². The number of nitrogens with one attached hydrogen (secondary N) is 1. The molecule has 3 heteroatoms. The fourth-order valence-corrected chi connectivity index (χ4v) is 3.07. The highest BCUT2D eigenvalue weighted by atomic mass is 16.2. The fourth-order valence-electron chi connectivity index (χ4n) is 3.07. The van der Waals surface area contributed by atoms with E-state index in [1.54, 1.807) is 0 Å². The number of nitrogens with zero attached hydrogens (tertiary/aromatic N) is 1. The molecule has 1 N–H and O–H groups in total. The third-order valence-electron chi connectivity index (χ3n) is 4.43. The van der Waals surface area contributed by atoms with Crippen molar-refractivity contribution < 1.29 is 4.79 Å². The maximum Gasteiger partial charge on any atom is 0.230 e. The smallest absolute Gasteiger partial charge is 0.230 e. The fraction of sp³-hybridized carbons (Fsp3) is 0.923. The van der Waals surface area contributed by atoms with Gasteiger partial charge in [0, 0.05) is 19.6 Å². The molecule has 0 spiro atoms. The first kappa shape index (κ1) is 11.9. The molecular formula is C13H24N2O. The number of amides is 1. The van der Waals surface area contributed by atoms with Crippen molar-refractivity contribution in [2.24, 2.45) is 17.3 Å². The molecule has 0 saturated carbocycles. The Kier molecular flexibility index (Phi) is 3.24. The zero-order valence-electron chi connectivity index (χ0n) is 10.8. The summed E-state index contributed by atoms with van der Waals surface area (Å²) in [5, 5.41) is 3.36. The number of likely N-dealkylation sites (tertiary alicyclic amines) is 1. The van der Waals surface area contributed by atoms with Gasteiger partial charge in [-0.05, 0) is 31.2 Å². The summed E-state index contributed by atoms with van der Waals surface area (Å²) in [6, 6.07) is 0. The molecule has 0 aliphatic carbocycles. The van der Waals surface area contributed by atoms with E-state index in [2.05, 4.69) is 31.0 Å². The monoisotopic (exact) mass is 224 g/mol. The van der Waals surface area contributed by atoms with Crippen LogP contribution in [0.25, 0.3) is 0 Å². The lowest BCUT2D eigenvalue weighted by atomic mass is 9.75. The number of carbonyl (C=O) groups is 1. The summed E-state index contributed by atoms with van der Waals surface area (Å²) >= 11 is 0. The van der Waals surface area contributed by atoms with Gasteiger partial charge in [-0.15, -0.1) is 0 Å². The standard InChI is InChI=1S/C13H24N2O/c1-10(2)13(5-6-14-9-13)12(16)15-7-4-11(3)8-15/h10-11,14H,4-9H2,1-3H3. The average molecular weight is 224 g/mol. The second-order valence-corrected chi connectivity index (χ2v) is 5.88. The molecule has 0 bridgehead atoms. The number of rotatable bonds is 2. The molecule has 92 valence electrons. The molecule has 0 aromatic carbocycles. The molecule has 2 aliphatic rings. The Bertz CT molecular complexity index is 269. The molecule has 2 heterocycles. The van der Waals surface area contributed by atoms with Gasteiger partial charge >= 0.3 is 0 Å². The first-order valence-corrected chi connectivity index (χ1v) is 6.56.